The Morgan fingerprint density at radius 1 is 1.50 bits per heavy atom. The molecule has 0 amide bonds. The van der Waals surface area contributed by atoms with Gasteiger partial charge in [0.15, 0.2) is 0 Å². The SMILES string of the molecule is O=[SH](=O)OCCCCl. The third-order valence-corrected chi connectivity index (χ3v) is 1.14. The minimum Gasteiger partial charge on any atom is -0.272 e. The first kappa shape index (κ1) is 8.20. The minimum absolute atomic E-state index is 0.197. The predicted octanol–water partition coefficient (Wildman–Crippen LogP) is 0.158. The minimum atomic E-state index is -2.67. The van der Waals surface area contributed by atoms with E-state index in [1.165, 1.54) is 0 Å². The van der Waals surface area contributed by atoms with Crippen molar-refractivity contribution in [1.29, 1.82) is 0 Å². The Balaban J connectivity index is 2.94. The summed E-state index contributed by atoms with van der Waals surface area (Å²) in [5.74, 6) is 0.434. The first-order valence-electron chi connectivity index (χ1n) is 2.10. The van der Waals surface area contributed by atoms with E-state index < -0.39 is 11.0 Å². The van der Waals surface area contributed by atoms with Crippen LogP contribution >= 0.6 is 11.6 Å². The average molecular weight is 159 g/mol. The number of rotatable bonds is 4. The van der Waals surface area contributed by atoms with Crippen LogP contribution < -0.4 is 0 Å². The van der Waals surface area contributed by atoms with E-state index in [1.54, 1.807) is 0 Å². The van der Waals surface area contributed by atoms with Crippen molar-refractivity contribution in [1.82, 2.24) is 0 Å². The lowest BCUT2D eigenvalue weighted by molar-refractivity contribution is 0.334. The Bertz CT molecular complexity index is 103. The molecule has 0 aromatic rings. The van der Waals surface area contributed by atoms with Gasteiger partial charge in [-0.05, 0) is 6.42 Å². The van der Waals surface area contributed by atoms with Crippen molar-refractivity contribution in [3.63, 3.8) is 0 Å². The van der Waals surface area contributed by atoms with Gasteiger partial charge < -0.3 is 0 Å². The maximum Gasteiger partial charge on any atom is 0.257 e. The second-order valence-electron chi connectivity index (χ2n) is 1.10. The van der Waals surface area contributed by atoms with Crippen LogP contribution in [0.5, 0.6) is 0 Å². The highest BCUT2D eigenvalue weighted by Crippen LogP contribution is 1.84. The molecule has 0 aromatic carbocycles. The molecule has 0 heterocycles. The van der Waals surface area contributed by atoms with Gasteiger partial charge in [0.05, 0.1) is 6.61 Å². The van der Waals surface area contributed by atoms with Crippen LogP contribution in [0.3, 0.4) is 0 Å². The molecule has 50 valence electrons. The quantitative estimate of drug-likeness (QED) is 0.360. The lowest BCUT2D eigenvalue weighted by Gasteiger charge is -1.88. The van der Waals surface area contributed by atoms with Crippen LogP contribution in [-0.4, -0.2) is 20.9 Å². The Morgan fingerprint density at radius 2 is 2.12 bits per heavy atom. The Labute approximate surface area is 54.8 Å². The highest BCUT2D eigenvalue weighted by atomic mass is 35.5. The summed E-state index contributed by atoms with van der Waals surface area (Å²) in [6, 6.07) is 0. The molecular weight excluding hydrogens is 152 g/mol. The smallest absolute Gasteiger partial charge is 0.257 e. The molecule has 0 bridgehead atoms. The molecule has 0 saturated heterocycles. The summed E-state index contributed by atoms with van der Waals surface area (Å²) < 4.78 is 23.4. The summed E-state index contributed by atoms with van der Waals surface area (Å²) >= 11 is 5.21. The van der Waals surface area contributed by atoms with Crippen molar-refractivity contribution in [3.05, 3.63) is 0 Å². The zero-order valence-electron chi connectivity index (χ0n) is 4.17. The maximum atomic E-state index is 9.65. The first-order chi connectivity index (χ1) is 3.77. The fourth-order valence-corrected chi connectivity index (χ4v) is 0.581. The van der Waals surface area contributed by atoms with Crippen LogP contribution in [0.25, 0.3) is 0 Å². The molecule has 0 aliphatic carbocycles. The van der Waals surface area contributed by atoms with Crippen LogP contribution in [0.2, 0.25) is 0 Å². The lowest BCUT2D eigenvalue weighted by atomic mass is 10.5. The molecule has 0 atom stereocenters. The van der Waals surface area contributed by atoms with Gasteiger partial charge in [-0.15, -0.1) is 11.6 Å². The largest absolute Gasteiger partial charge is 0.272 e. The van der Waals surface area contributed by atoms with Crippen LogP contribution in [0, 0.1) is 0 Å². The van der Waals surface area contributed by atoms with Crippen molar-refractivity contribution in [3.8, 4) is 0 Å². The molecule has 0 fully saturated rings. The van der Waals surface area contributed by atoms with Crippen molar-refractivity contribution >= 4 is 22.6 Å². The normalized spacial score (nSPS) is 10.2. The number of hydrogen-bond donors (Lipinski definition) is 1. The molecule has 5 heteroatoms. The second kappa shape index (κ2) is 5.34. The van der Waals surface area contributed by atoms with Gasteiger partial charge in [-0.1, -0.05) is 0 Å². The Morgan fingerprint density at radius 3 is 2.50 bits per heavy atom. The zero-order valence-corrected chi connectivity index (χ0v) is 5.82. The summed E-state index contributed by atoms with van der Waals surface area (Å²) in [6.45, 7) is 0.197. The van der Waals surface area contributed by atoms with E-state index in [0.29, 0.717) is 12.3 Å². The third kappa shape index (κ3) is 6.20. The van der Waals surface area contributed by atoms with Crippen LogP contribution in [0.15, 0.2) is 0 Å². The first-order valence-corrected chi connectivity index (χ1v) is 3.73. The van der Waals surface area contributed by atoms with Crippen molar-refractivity contribution in [2.75, 3.05) is 12.5 Å². The lowest BCUT2D eigenvalue weighted by Crippen LogP contribution is -1.91. The molecule has 3 nitrogen and oxygen atoms in total. The van der Waals surface area contributed by atoms with Gasteiger partial charge in [0.25, 0.3) is 11.0 Å². The molecule has 0 saturated carbocycles. The molecule has 0 N–H and O–H groups in total. The number of hydrogen-bond acceptors (Lipinski definition) is 3. The molecule has 0 unspecified atom stereocenters. The molecule has 0 aliphatic rings. The fourth-order valence-electron chi connectivity index (χ4n) is 0.194. The molecule has 0 rings (SSSR count). The van der Waals surface area contributed by atoms with Gasteiger partial charge in [-0.3, -0.25) is 4.18 Å². The molecule has 0 aromatic heterocycles. The number of alkyl halides is 1. The molecule has 0 radical (unpaired) electrons. The van der Waals surface area contributed by atoms with Crippen molar-refractivity contribution in [2.45, 2.75) is 6.42 Å². The van der Waals surface area contributed by atoms with E-state index in [9.17, 15) is 8.42 Å². The highest BCUT2D eigenvalue weighted by Gasteiger charge is 1.84. The zero-order chi connectivity index (χ0) is 6.41. The summed E-state index contributed by atoms with van der Waals surface area (Å²) in [5, 5.41) is 0. The number of thiol groups is 1. The van der Waals surface area contributed by atoms with E-state index in [0.717, 1.165) is 0 Å². The van der Waals surface area contributed by atoms with Gasteiger partial charge in [-0.2, -0.15) is 0 Å². The van der Waals surface area contributed by atoms with Crippen LogP contribution in [-0.2, 0) is 15.2 Å². The number of halogens is 1. The van der Waals surface area contributed by atoms with Gasteiger partial charge in [0.1, 0.15) is 0 Å². The monoisotopic (exact) mass is 158 g/mol. The van der Waals surface area contributed by atoms with Gasteiger partial charge in [0.2, 0.25) is 0 Å². The summed E-state index contributed by atoms with van der Waals surface area (Å²) in [7, 11) is -2.67. The van der Waals surface area contributed by atoms with Gasteiger partial charge in [0, 0.05) is 5.88 Å². The van der Waals surface area contributed by atoms with Crippen LogP contribution in [0.4, 0.5) is 0 Å². The standard InChI is InChI=1S/C3H7ClO3S/c4-2-1-3-7-8(5)6/h8H,1-3H2. The van der Waals surface area contributed by atoms with E-state index in [4.69, 9.17) is 11.6 Å². The van der Waals surface area contributed by atoms with E-state index in [-0.39, 0.29) is 6.61 Å². The van der Waals surface area contributed by atoms with Gasteiger partial charge >= 0.3 is 0 Å². The second-order valence-corrected chi connectivity index (χ2v) is 2.18. The summed E-state index contributed by atoms with van der Waals surface area (Å²) in [4.78, 5) is 0. The van der Waals surface area contributed by atoms with E-state index >= 15 is 0 Å². The average Bonchev–Trinajstić information content (AvgIpc) is 1.66. The predicted molar refractivity (Wildman–Crippen MR) is 31.6 cm³/mol. The highest BCUT2D eigenvalue weighted by molar-refractivity contribution is 7.67. The van der Waals surface area contributed by atoms with Gasteiger partial charge in [-0.25, -0.2) is 8.42 Å². The third-order valence-electron chi connectivity index (χ3n) is 0.475. The topological polar surface area (TPSA) is 43.4 Å². The molecule has 0 spiro atoms. The maximum absolute atomic E-state index is 9.65. The molecule has 0 aliphatic heterocycles. The summed E-state index contributed by atoms with van der Waals surface area (Å²) in [6.07, 6.45) is 0.574. The Kier molecular flexibility index (Phi) is 5.47. The van der Waals surface area contributed by atoms with Crippen molar-refractivity contribution in [2.24, 2.45) is 0 Å². The van der Waals surface area contributed by atoms with Crippen LogP contribution in [0.1, 0.15) is 6.42 Å². The molecular formula is C3H7ClO3S. The van der Waals surface area contributed by atoms with E-state index in [1.807, 2.05) is 0 Å². The Hall–Kier alpha value is 0.200. The summed E-state index contributed by atoms with van der Waals surface area (Å²) in [5.41, 5.74) is 0. The fraction of sp³-hybridized carbons (Fsp3) is 1.00. The van der Waals surface area contributed by atoms with Crippen molar-refractivity contribution < 1.29 is 12.6 Å². The molecule has 8 heavy (non-hydrogen) atoms. The van der Waals surface area contributed by atoms with E-state index in [2.05, 4.69) is 4.18 Å².